The highest BCUT2D eigenvalue weighted by molar-refractivity contribution is 5.76. The lowest BCUT2D eigenvalue weighted by molar-refractivity contribution is -0.274. The largest absolute Gasteiger partial charge is 0.573 e. The number of aromatic nitrogens is 2. The Morgan fingerprint density at radius 1 is 1.03 bits per heavy atom. The van der Waals surface area contributed by atoms with Crippen LogP contribution in [0.2, 0.25) is 0 Å². The molecule has 4 N–H and O–H groups in total. The molecular formula is C24H23F4N5O2. The molecule has 7 nitrogen and oxygen atoms in total. The molecule has 1 heterocycles. The van der Waals surface area contributed by atoms with Crippen LogP contribution in [0.4, 0.5) is 29.2 Å². The Balaban J connectivity index is 1.44. The van der Waals surface area contributed by atoms with Crippen LogP contribution in [0.5, 0.6) is 5.75 Å². The van der Waals surface area contributed by atoms with E-state index in [0.717, 1.165) is 24.0 Å². The van der Waals surface area contributed by atoms with Crippen LogP contribution in [-0.4, -0.2) is 22.2 Å². The first-order chi connectivity index (χ1) is 16.7. The molecule has 0 spiro atoms. The number of halogens is 4. The number of anilines is 2. The lowest BCUT2D eigenvalue weighted by Crippen LogP contribution is -2.18. The monoisotopic (exact) mass is 489 g/mol. The summed E-state index contributed by atoms with van der Waals surface area (Å²) in [5.41, 5.74) is 7.52. The molecule has 1 amide bonds. The van der Waals surface area contributed by atoms with Gasteiger partial charge < -0.3 is 21.1 Å². The van der Waals surface area contributed by atoms with E-state index >= 15 is 4.39 Å². The number of carbonyl (C=O) groups is 1. The second kappa shape index (κ2) is 10.2. The summed E-state index contributed by atoms with van der Waals surface area (Å²) < 4.78 is 56.4. The Hall–Kier alpha value is -3.89. The van der Waals surface area contributed by atoms with Gasteiger partial charge in [-0.15, -0.1) is 13.2 Å². The highest BCUT2D eigenvalue weighted by Gasteiger charge is 2.34. The predicted molar refractivity (Wildman–Crippen MR) is 121 cm³/mol. The van der Waals surface area contributed by atoms with Gasteiger partial charge >= 0.3 is 6.36 Å². The van der Waals surface area contributed by atoms with Crippen molar-refractivity contribution < 1.29 is 27.1 Å². The molecule has 0 bridgehead atoms. The third-order valence-electron chi connectivity index (χ3n) is 5.51. The minimum atomic E-state index is -4.77. The lowest BCUT2D eigenvalue weighted by Gasteiger charge is -2.21. The van der Waals surface area contributed by atoms with Crippen molar-refractivity contribution in [1.82, 2.24) is 9.97 Å². The van der Waals surface area contributed by atoms with E-state index in [9.17, 15) is 18.0 Å². The molecular weight excluding hydrogens is 466 g/mol. The molecule has 3 aromatic rings. The Bertz CT molecular complexity index is 1170. The second-order valence-electron chi connectivity index (χ2n) is 8.27. The van der Waals surface area contributed by atoms with Crippen LogP contribution in [0.1, 0.15) is 35.6 Å². The molecule has 2 aromatic carbocycles. The van der Waals surface area contributed by atoms with Crippen molar-refractivity contribution >= 4 is 17.5 Å². The van der Waals surface area contributed by atoms with Gasteiger partial charge in [0.15, 0.2) is 11.6 Å². The Morgan fingerprint density at radius 2 is 1.66 bits per heavy atom. The van der Waals surface area contributed by atoms with Crippen LogP contribution in [0.25, 0.3) is 0 Å². The SMILES string of the molecule is NC(=O)Cc1ccc(CNc2ncnc(NC(c3ccc(OC(F)(F)F)cc3)C3CC3)c2F)cc1. The van der Waals surface area contributed by atoms with Crippen LogP contribution >= 0.6 is 0 Å². The zero-order chi connectivity index (χ0) is 25.0. The summed E-state index contributed by atoms with van der Waals surface area (Å²) in [7, 11) is 0. The van der Waals surface area contributed by atoms with Crippen LogP contribution in [-0.2, 0) is 17.8 Å². The number of amides is 1. The van der Waals surface area contributed by atoms with E-state index in [4.69, 9.17) is 5.73 Å². The van der Waals surface area contributed by atoms with E-state index in [-0.39, 0.29) is 42.3 Å². The Labute approximate surface area is 198 Å². The maximum absolute atomic E-state index is 15.1. The number of ether oxygens (including phenoxy) is 1. The Morgan fingerprint density at radius 3 is 2.26 bits per heavy atom. The number of nitrogens with zero attached hydrogens (tertiary/aromatic N) is 2. The Kier molecular flexibility index (Phi) is 7.04. The third kappa shape index (κ3) is 6.81. The van der Waals surface area contributed by atoms with Crippen molar-refractivity contribution in [2.75, 3.05) is 10.6 Å². The molecule has 0 saturated heterocycles. The fourth-order valence-corrected chi connectivity index (χ4v) is 3.68. The number of alkyl halides is 3. The quantitative estimate of drug-likeness (QED) is 0.356. The van der Waals surface area contributed by atoms with Gasteiger partial charge in [0.25, 0.3) is 0 Å². The zero-order valence-corrected chi connectivity index (χ0v) is 18.5. The number of hydrogen-bond acceptors (Lipinski definition) is 6. The van der Waals surface area contributed by atoms with E-state index in [1.165, 1.54) is 30.6 Å². The van der Waals surface area contributed by atoms with Crippen LogP contribution in [0.3, 0.4) is 0 Å². The summed E-state index contributed by atoms with van der Waals surface area (Å²) in [6, 6.07) is 12.3. The van der Waals surface area contributed by atoms with Gasteiger partial charge in [0, 0.05) is 6.54 Å². The highest BCUT2D eigenvalue weighted by Crippen LogP contribution is 2.43. The van der Waals surface area contributed by atoms with Crippen molar-refractivity contribution in [3.8, 4) is 5.75 Å². The van der Waals surface area contributed by atoms with Gasteiger partial charge in [-0.05, 0) is 47.6 Å². The summed E-state index contributed by atoms with van der Waals surface area (Å²) >= 11 is 0. The summed E-state index contributed by atoms with van der Waals surface area (Å²) in [5.74, 6) is -1.21. The second-order valence-corrected chi connectivity index (χ2v) is 8.27. The smallest absolute Gasteiger partial charge is 0.406 e. The summed E-state index contributed by atoms with van der Waals surface area (Å²) in [5, 5.41) is 6.02. The van der Waals surface area contributed by atoms with Crippen molar-refractivity contribution in [3.05, 3.63) is 77.4 Å². The van der Waals surface area contributed by atoms with Gasteiger partial charge in [0.2, 0.25) is 11.7 Å². The maximum Gasteiger partial charge on any atom is 0.573 e. The molecule has 1 aliphatic rings. The number of carbonyl (C=O) groups excluding carboxylic acids is 1. The molecule has 0 radical (unpaired) electrons. The molecule has 4 rings (SSSR count). The first-order valence-electron chi connectivity index (χ1n) is 10.9. The maximum atomic E-state index is 15.1. The van der Waals surface area contributed by atoms with E-state index in [0.29, 0.717) is 5.56 Å². The molecule has 1 fully saturated rings. The van der Waals surface area contributed by atoms with E-state index in [1.54, 1.807) is 24.3 Å². The predicted octanol–water partition coefficient (Wildman–Crippen LogP) is 4.72. The van der Waals surface area contributed by atoms with E-state index in [2.05, 4.69) is 25.3 Å². The number of nitrogens with two attached hydrogens (primary N) is 1. The van der Waals surface area contributed by atoms with E-state index < -0.39 is 18.1 Å². The normalized spacial score (nSPS) is 14.3. The molecule has 0 aliphatic heterocycles. The molecule has 35 heavy (non-hydrogen) atoms. The van der Waals surface area contributed by atoms with Crippen molar-refractivity contribution in [3.63, 3.8) is 0 Å². The minimum Gasteiger partial charge on any atom is -0.406 e. The van der Waals surface area contributed by atoms with Gasteiger partial charge in [-0.1, -0.05) is 36.4 Å². The number of primary amides is 1. The van der Waals surface area contributed by atoms with Gasteiger partial charge in [0.1, 0.15) is 12.1 Å². The standard InChI is InChI=1S/C24H23F4N5O2/c25-20-22(30-12-15-3-1-14(2-4-15)11-19(29)34)31-13-32-23(20)33-21(16-5-6-16)17-7-9-18(10-8-17)35-24(26,27)28/h1-4,7-10,13,16,21H,5-6,11-12H2,(H2,29,34)(H2,30,31,32,33). The van der Waals surface area contributed by atoms with Gasteiger partial charge in [-0.3, -0.25) is 4.79 Å². The number of benzene rings is 2. The average molecular weight is 489 g/mol. The molecule has 1 aromatic heterocycles. The molecule has 11 heteroatoms. The average Bonchev–Trinajstić information content (AvgIpc) is 3.63. The summed E-state index contributed by atoms with van der Waals surface area (Å²) in [6.07, 6.45) is -1.59. The fourth-order valence-electron chi connectivity index (χ4n) is 3.68. The number of nitrogens with one attached hydrogen (secondary N) is 2. The molecule has 184 valence electrons. The van der Waals surface area contributed by atoms with Gasteiger partial charge in [-0.2, -0.15) is 4.39 Å². The zero-order valence-electron chi connectivity index (χ0n) is 18.5. The number of hydrogen-bond donors (Lipinski definition) is 3. The van der Waals surface area contributed by atoms with Gasteiger partial charge in [0.05, 0.1) is 12.5 Å². The first-order valence-corrected chi connectivity index (χ1v) is 10.9. The molecule has 1 unspecified atom stereocenters. The molecule has 1 atom stereocenters. The minimum absolute atomic E-state index is 0.00665. The van der Waals surface area contributed by atoms with Crippen LogP contribution in [0, 0.1) is 11.7 Å². The summed E-state index contributed by atoms with van der Waals surface area (Å²) in [4.78, 5) is 19.0. The van der Waals surface area contributed by atoms with E-state index in [1.807, 2.05) is 0 Å². The van der Waals surface area contributed by atoms with Crippen molar-refractivity contribution in [2.24, 2.45) is 11.7 Å². The van der Waals surface area contributed by atoms with Crippen LogP contribution in [0.15, 0.2) is 54.9 Å². The fraction of sp³-hybridized carbons (Fsp3) is 0.292. The van der Waals surface area contributed by atoms with Crippen molar-refractivity contribution in [2.45, 2.75) is 38.2 Å². The summed E-state index contributed by atoms with van der Waals surface area (Å²) in [6.45, 7) is 0.289. The molecule has 1 aliphatic carbocycles. The van der Waals surface area contributed by atoms with Crippen LogP contribution < -0.4 is 21.1 Å². The molecule has 1 saturated carbocycles. The van der Waals surface area contributed by atoms with Gasteiger partial charge in [-0.25, -0.2) is 9.97 Å². The topological polar surface area (TPSA) is 102 Å². The third-order valence-corrected chi connectivity index (χ3v) is 5.51. The first kappa shape index (κ1) is 24.2. The lowest BCUT2D eigenvalue weighted by atomic mass is 10.0. The highest BCUT2D eigenvalue weighted by atomic mass is 19.4. The van der Waals surface area contributed by atoms with Crippen molar-refractivity contribution in [1.29, 1.82) is 0 Å². The number of rotatable bonds is 10.